The average Bonchev–Trinajstić information content (AvgIpc) is 3.11. The molecule has 2 aromatic rings. The molecule has 1 aliphatic carbocycles. The molecule has 25 heavy (non-hydrogen) atoms. The number of nitro groups is 1. The van der Waals surface area contributed by atoms with Gasteiger partial charge in [-0.3, -0.25) is 14.9 Å². The van der Waals surface area contributed by atoms with E-state index < -0.39 is 4.92 Å². The Hall–Kier alpha value is -3.09. The van der Waals surface area contributed by atoms with E-state index in [1.54, 1.807) is 19.3 Å². The van der Waals surface area contributed by atoms with Crippen molar-refractivity contribution in [3.63, 3.8) is 0 Å². The second-order valence-electron chi connectivity index (χ2n) is 6.24. The number of nitrogens with one attached hydrogen (secondary N) is 2. The van der Waals surface area contributed by atoms with Crippen LogP contribution < -0.4 is 10.1 Å². The van der Waals surface area contributed by atoms with Crippen molar-refractivity contribution in [1.82, 2.24) is 4.98 Å². The molecule has 1 aliphatic heterocycles. The van der Waals surface area contributed by atoms with Gasteiger partial charge in [0.1, 0.15) is 5.75 Å². The number of aromatic nitrogens is 1. The van der Waals surface area contributed by atoms with Gasteiger partial charge in [0.15, 0.2) is 0 Å². The zero-order valence-electron chi connectivity index (χ0n) is 13.7. The van der Waals surface area contributed by atoms with Gasteiger partial charge >= 0.3 is 0 Å². The average molecular weight is 339 g/mol. The highest BCUT2D eigenvalue weighted by atomic mass is 16.6. The lowest BCUT2D eigenvalue weighted by Gasteiger charge is -2.11. The maximum absolute atomic E-state index is 12.4. The topological polar surface area (TPSA) is 97.3 Å². The summed E-state index contributed by atoms with van der Waals surface area (Å²) in [5, 5.41) is 13.8. The molecule has 128 valence electrons. The van der Waals surface area contributed by atoms with Crippen LogP contribution in [0, 0.1) is 10.1 Å². The van der Waals surface area contributed by atoms with E-state index in [1.807, 2.05) is 0 Å². The van der Waals surface area contributed by atoms with Gasteiger partial charge in [0.2, 0.25) is 0 Å². The number of anilines is 1. The second-order valence-corrected chi connectivity index (χ2v) is 6.24. The number of hydrogen-bond acceptors (Lipinski definition) is 4. The zero-order chi connectivity index (χ0) is 17.6. The maximum Gasteiger partial charge on any atom is 0.270 e. The number of H-pyrrole nitrogens is 1. The molecule has 2 heterocycles. The molecule has 0 atom stereocenters. The maximum atomic E-state index is 12.4. The summed E-state index contributed by atoms with van der Waals surface area (Å²) in [6.07, 6.45) is 5.88. The molecule has 7 heteroatoms. The largest absolute Gasteiger partial charge is 0.494 e. The molecule has 0 bridgehead atoms. The van der Waals surface area contributed by atoms with Gasteiger partial charge in [-0.25, -0.2) is 0 Å². The molecule has 2 N–H and O–H groups in total. The van der Waals surface area contributed by atoms with Crippen LogP contribution in [0.1, 0.15) is 35.4 Å². The van der Waals surface area contributed by atoms with Crippen LogP contribution in [-0.4, -0.2) is 22.9 Å². The van der Waals surface area contributed by atoms with Gasteiger partial charge < -0.3 is 15.0 Å². The Balaban J connectivity index is 1.83. The number of fused-ring (bicyclic) bond motifs is 2. The first-order chi connectivity index (χ1) is 12.1. The minimum Gasteiger partial charge on any atom is -0.494 e. The summed E-state index contributed by atoms with van der Waals surface area (Å²) in [5.74, 6) is 0.485. The molecule has 0 radical (unpaired) electrons. The van der Waals surface area contributed by atoms with Gasteiger partial charge in [0, 0.05) is 34.6 Å². The van der Waals surface area contributed by atoms with Crippen LogP contribution in [0.5, 0.6) is 5.75 Å². The summed E-state index contributed by atoms with van der Waals surface area (Å²) in [5.41, 5.74) is 4.52. The van der Waals surface area contributed by atoms with Gasteiger partial charge in [0.25, 0.3) is 11.6 Å². The fraction of sp³-hybridized carbons (Fsp3) is 0.278. The zero-order valence-corrected chi connectivity index (χ0v) is 13.7. The number of hydrogen-bond donors (Lipinski definition) is 2. The van der Waals surface area contributed by atoms with Gasteiger partial charge in [-0.05, 0) is 37.8 Å². The summed E-state index contributed by atoms with van der Waals surface area (Å²) < 4.78 is 5.56. The van der Waals surface area contributed by atoms with Gasteiger partial charge in [-0.2, -0.15) is 0 Å². The Labute approximate surface area is 143 Å². The van der Waals surface area contributed by atoms with Crippen LogP contribution in [0.2, 0.25) is 0 Å². The lowest BCUT2D eigenvalue weighted by atomic mass is 9.97. The molecular weight excluding hydrogens is 322 g/mol. The molecule has 7 nitrogen and oxygen atoms in total. The highest BCUT2D eigenvalue weighted by Crippen LogP contribution is 2.39. The van der Waals surface area contributed by atoms with E-state index in [1.165, 1.54) is 17.7 Å². The van der Waals surface area contributed by atoms with E-state index >= 15 is 0 Å². The van der Waals surface area contributed by atoms with Crippen molar-refractivity contribution in [3.8, 4) is 5.75 Å². The Kier molecular flexibility index (Phi) is 3.56. The lowest BCUT2D eigenvalue weighted by molar-refractivity contribution is -0.384. The summed E-state index contributed by atoms with van der Waals surface area (Å²) in [6.45, 7) is 0. The van der Waals surface area contributed by atoms with Crippen molar-refractivity contribution in [2.24, 2.45) is 0 Å². The fourth-order valence-electron chi connectivity index (χ4n) is 3.59. The lowest BCUT2D eigenvalue weighted by Crippen LogP contribution is -2.03. The minimum atomic E-state index is -0.464. The fourth-order valence-corrected chi connectivity index (χ4v) is 3.59. The number of carbonyl (C=O) groups excluding carboxylic acids is 1. The predicted octanol–water partition coefficient (Wildman–Crippen LogP) is 3.30. The van der Waals surface area contributed by atoms with E-state index in [4.69, 9.17) is 4.74 Å². The molecular formula is C18H17N3O4. The van der Waals surface area contributed by atoms with Crippen molar-refractivity contribution in [1.29, 1.82) is 0 Å². The van der Waals surface area contributed by atoms with Gasteiger partial charge in [-0.15, -0.1) is 0 Å². The van der Waals surface area contributed by atoms with Crippen LogP contribution >= 0.6 is 0 Å². The van der Waals surface area contributed by atoms with Crippen molar-refractivity contribution >= 4 is 28.9 Å². The van der Waals surface area contributed by atoms with Crippen molar-refractivity contribution in [3.05, 3.63) is 50.8 Å². The molecule has 1 aromatic heterocycles. The Morgan fingerprint density at radius 3 is 2.84 bits per heavy atom. The number of amides is 1. The summed E-state index contributed by atoms with van der Waals surface area (Å²) >= 11 is 0. The standard InChI is InChI=1S/C18H17N3O4/c1-25-17-11-4-2-3-5-14(11)19-16(17)9-13-12-8-10(21(23)24)6-7-15(12)20-18(13)22/h6-9,19H,2-5H2,1H3,(H,20,22). The molecule has 0 spiro atoms. The predicted molar refractivity (Wildman–Crippen MR) is 93.6 cm³/mol. The van der Waals surface area contributed by atoms with Crippen LogP contribution in [0.15, 0.2) is 18.2 Å². The number of nitro benzene ring substituents is 1. The molecule has 1 aromatic carbocycles. The molecule has 0 saturated carbocycles. The van der Waals surface area contributed by atoms with E-state index in [0.717, 1.165) is 42.8 Å². The number of nitrogens with zero attached hydrogens (tertiary/aromatic N) is 1. The summed E-state index contributed by atoms with van der Waals surface area (Å²) in [4.78, 5) is 26.3. The molecule has 4 rings (SSSR count). The van der Waals surface area contributed by atoms with Crippen molar-refractivity contribution in [2.75, 3.05) is 12.4 Å². The number of aryl methyl sites for hydroxylation is 1. The minimum absolute atomic E-state index is 0.0427. The number of methoxy groups -OCH3 is 1. The van der Waals surface area contributed by atoms with Crippen molar-refractivity contribution in [2.45, 2.75) is 25.7 Å². The monoisotopic (exact) mass is 339 g/mol. The van der Waals surface area contributed by atoms with Crippen LogP contribution in [0.3, 0.4) is 0 Å². The van der Waals surface area contributed by atoms with Gasteiger partial charge in [-0.1, -0.05) is 0 Å². The van der Waals surface area contributed by atoms with Crippen LogP contribution in [-0.2, 0) is 17.6 Å². The SMILES string of the molecule is COc1c(C=C2C(=O)Nc3ccc([N+](=O)[O-])cc32)[nH]c2c1CCCC2. The van der Waals surface area contributed by atoms with Gasteiger partial charge in [0.05, 0.1) is 23.3 Å². The normalized spacial score (nSPS) is 17.2. The molecule has 0 unspecified atom stereocenters. The Morgan fingerprint density at radius 2 is 2.08 bits per heavy atom. The quantitative estimate of drug-likeness (QED) is 0.509. The molecule has 0 saturated heterocycles. The van der Waals surface area contributed by atoms with E-state index in [2.05, 4.69) is 10.3 Å². The number of carbonyl (C=O) groups is 1. The number of non-ortho nitro benzene ring substituents is 1. The van der Waals surface area contributed by atoms with Crippen LogP contribution in [0.4, 0.5) is 11.4 Å². The summed E-state index contributed by atoms with van der Waals surface area (Å²) in [7, 11) is 1.62. The first kappa shape index (κ1) is 15.4. The number of aromatic amines is 1. The van der Waals surface area contributed by atoms with Crippen molar-refractivity contribution < 1.29 is 14.5 Å². The van der Waals surface area contributed by atoms with E-state index in [0.29, 0.717) is 16.8 Å². The first-order valence-corrected chi connectivity index (χ1v) is 8.18. The smallest absolute Gasteiger partial charge is 0.270 e. The number of rotatable bonds is 3. The number of benzene rings is 1. The first-order valence-electron chi connectivity index (χ1n) is 8.18. The Bertz CT molecular complexity index is 927. The summed E-state index contributed by atoms with van der Waals surface area (Å²) in [6, 6.07) is 4.37. The number of ether oxygens (including phenoxy) is 1. The highest BCUT2D eigenvalue weighted by molar-refractivity contribution is 6.35. The second kappa shape index (κ2) is 5.77. The van der Waals surface area contributed by atoms with E-state index in [-0.39, 0.29) is 11.6 Å². The third-order valence-electron chi connectivity index (χ3n) is 4.76. The molecule has 1 amide bonds. The molecule has 0 fully saturated rings. The third-order valence-corrected chi connectivity index (χ3v) is 4.76. The Morgan fingerprint density at radius 1 is 1.28 bits per heavy atom. The third kappa shape index (κ3) is 2.48. The molecule has 2 aliphatic rings. The highest BCUT2D eigenvalue weighted by Gasteiger charge is 2.28. The van der Waals surface area contributed by atoms with Crippen LogP contribution in [0.25, 0.3) is 11.6 Å². The van der Waals surface area contributed by atoms with E-state index in [9.17, 15) is 14.9 Å².